The highest BCUT2D eigenvalue weighted by Crippen LogP contribution is 2.22. The van der Waals surface area contributed by atoms with E-state index in [2.05, 4.69) is 22.7 Å². The molecular weight excluding hydrogens is 354 g/mol. The van der Waals surface area contributed by atoms with E-state index in [1.807, 2.05) is 32.0 Å². The molecule has 1 aliphatic heterocycles. The van der Waals surface area contributed by atoms with Crippen molar-refractivity contribution in [3.05, 3.63) is 46.8 Å². The summed E-state index contributed by atoms with van der Waals surface area (Å²) in [4.78, 5) is 12.7. The molecule has 26 heavy (non-hydrogen) atoms. The van der Waals surface area contributed by atoms with Crippen molar-refractivity contribution >= 4 is 18.3 Å². The van der Waals surface area contributed by atoms with Gasteiger partial charge >= 0.3 is 0 Å². The molecule has 1 aromatic heterocycles. The summed E-state index contributed by atoms with van der Waals surface area (Å²) >= 11 is 0. The van der Waals surface area contributed by atoms with Crippen LogP contribution in [0.1, 0.15) is 47.1 Å². The second-order valence-corrected chi connectivity index (χ2v) is 6.55. The summed E-state index contributed by atoms with van der Waals surface area (Å²) in [6, 6.07) is 7.73. The number of carbonyl (C=O) groups excluding carboxylic acids is 1. The van der Waals surface area contributed by atoms with E-state index in [0.717, 1.165) is 36.4 Å². The zero-order valence-corrected chi connectivity index (χ0v) is 16.2. The van der Waals surface area contributed by atoms with Gasteiger partial charge in [-0.3, -0.25) is 4.79 Å². The topological polar surface area (TPSA) is 76.4 Å². The Morgan fingerprint density at radius 3 is 2.85 bits per heavy atom. The Labute approximate surface area is 160 Å². The van der Waals surface area contributed by atoms with E-state index in [1.165, 1.54) is 0 Å². The Kier molecular flexibility index (Phi) is 7.06. The standard InChI is InChI=1S/C19H25N3O3.ClH/c1-12-16(14(3)25-22-12)11-24-18-9-5-4-7-15(18)19(23)21-17-8-6-10-20-13(17)2;/h4-5,7,9,13,17,20H,6,8,10-11H2,1-3H3,(H,21,23);1H. The maximum Gasteiger partial charge on any atom is 0.255 e. The molecule has 0 spiro atoms. The van der Waals surface area contributed by atoms with Crippen molar-refractivity contribution in [1.82, 2.24) is 15.8 Å². The molecule has 0 saturated carbocycles. The first kappa shape index (κ1) is 20.3. The van der Waals surface area contributed by atoms with Crippen molar-refractivity contribution in [2.75, 3.05) is 6.54 Å². The van der Waals surface area contributed by atoms with E-state index < -0.39 is 0 Å². The molecule has 0 radical (unpaired) electrons. The number of carbonyl (C=O) groups is 1. The average molecular weight is 380 g/mol. The van der Waals surface area contributed by atoms with Crippen LogP contribution in [0.5, 0.6) is 5.75 Å². The van der Waals surface area contributed by atoms with Gasteiger partial charge in [0.05, 0.1) is 16.8 Å². The summed E-state index contributed by atoms with van der Waals surface area (Å²) in [6.45, 7) is 7.17. The molecule has 2 heterocycles. The number of hydrogen-bond donors (Lipinski definition) is 2. The van der Waals surface area contributed by atoms with Gasteiger partial charge in [-0.25, -0.2) is 0 Å². The zero-order valence-electron chi connectivity index (χ0n) is 15.4. The Morgan fingerprint density at radius 1 is 1.38 bits per heavy atom. The lowest BCUT2D eigenvalue weighted by Crippen LogP contribution is -2.51. The number of aromatic nitrogens is 1. The number of amides is 1. The van der Waals surface area contributed by atoms with Gasteiger partial charge in [-0.05, 0) is 52.3 Å². The second kappa shape index (κ2) is 9.05. The minimum atomic E-state index is -0.102. The number of nitrogens with one attached hydrogen (secondary N) is 2. The second-order valence-electron chi connectivity index (χ2n) is 6.55. The summed E-state index contributed by atoms with van der Waals surface area (Å²) in [5.41, 5.74) is 2.27. The van der Waals surface area contributed by atoms with E-state index in [-0.39, 0.29) is 30.4 Å². The first-order valence-corrected chi connectivity index (χ1v) is 8.74. The lowest BCUT2D eigenvalue weighted by atomic mass is 9.99. The first-order valence-electron chi connectivity index (χ1n) is 8.74. The molecule has 1 aliphatic rings. The monoisotopic (exact) mass is 379 g/mol. The van der Waals surface area contributed by atoms with Gasteiger partial charge in [0.1, 0.15) is 18.1 Å². The fourth-order valence-corrected chi connectivity index (χ4v) is 3.13. The molecule has 7 heteroatoms. The quantitative estimate of drug-likeness (QED) is 0.834. The van der Waals surface area contributed by atoms with Crippen molar-refractivity contribution in [3.8, 4) is 5.75 Å². The number of piperidine rings is 1. The van der Waals surface area contributed by atoms with Crippen LogP contribution in [0.15, 0.2) is 28.8 Å². The first-order chi connectivity index (χ1) is 12.1. The molecule has 2 N–H and O–H groups in total. The number of nitrogens with zero attached hydrogens (tertiary/aromatic N) is 1. The van der Waals surface area contributed by atoms with Crippen molar-refractivity contribution in [1.29, 1.82) is 0 Å². The number of hydrogen-bond acceptors (Lipinski definition) is 5. The maximum absolute atomic E-state index is 12.7. The van der Waals surface area contributed by atoms with Crippen LogP contribution in [0.3, 0.4) is 0 Å². The predicted octanol–water partition coefficient (Wildman–Crippen LogP) is 3.16. The molecule has 2 aromatic rings. The Morgan fingerprint density at radius 2 is 2.15 bits per heavy atom. The van der Waals surface area contributed by atoms with Crippen LogP contribution in [0.4, 0.5) is 0 Å². The number of aryl methyl sites for hydroxylation is 2. The predicted molar refractivity (Wildman–Crippen MR) is 102 cm³/mol. The van der Waals surface area contributed by atoms with Gasteiger partial charge in [-0.2, -0.15) is 0 Å². The van der Waals surface area contributed by atoms with Crippen LogP contribution < -0.4 is 15.4 Å². The lowest BCUT2D eigenvalue weighted by Gasteiger charge is -2.30. The van der Waals surface area contributed by atoms with Crippen LogP contribution in [-0.4, -0.2) is 29.7 Å². The normalized spacial score (nSPS) is 19.5. The van der Waals surface area contributed by atoms with Gasteiger partial charge in [-0.1, -0.05) is 17.3 Å². The van der Waals surface area contributed by atoms with Gasteiger partial charge in [0.25, 0.3) is 5.91 Å². The minimum Gasteiger partial charge on any atom is -0.488 e. The summed E-state index contributed by atoms with van der Waals surface area (Å²) in [5, 5.41) is 10.5. The van der Waals surface area contributed by atoms with Gasteiger partial charge in [0.15, 0.2) is 0 Å². The maximum atomic E-state index is 12.7. The largest absolute Gasteiger partial charge is 0.488 e. The number of benzene rings is 1. The molecule has 6 nitrogen and oxygen atoms in total. The van der Waals surface area contributed by atoms with Crippen LogP contribution in [0.2, 0.25) is 0 Å². The summed E-state index contributed by atoms with van der Waals surface area (Å²) < 4.78 is 11.1. The molecule has 3 rings (SSSR count). The Bertz CT molecular complexity index is 728. The highest BCUT2D eigenvalue weighted by atomic mass is 35.5. The number of rotatable bonds is 5. The van der Waals surface area contributed by atoms with E-state index in [0.29, 0.717) is 17.9 Å². The smallest absolute Gasteiger partial charge is 0.255 e. The number of halogens is 1. The van der Waals surface area contributed by atoms with Gasteiger partial charge < -0.3 is 19.9 Å². The Hall–Kier alpha value is -2.05. The summed E-state index contributed by atoms with van der Waals surface area (Å²) in [7, 11) is 0. The van der Waals surface area contributed by atoms with Crippen LogP contribution >= 0.6 is 12.4 Å². The third-order valence-electron chi connectivity index (χ3n) is 4.76. The molecule has 0 aliphatic carbocycles. The zero-order chi connectivity index (χ0) is 17.8. The van der Waals surface area contributed by atoms with Gasteiger partial charge in [0, 0.05) is 12.1 Å². The number of para-hydroxylation sites is 1. The van der Waals surface area contributed by atoms with E-state index in [9.17, 15) is 4.79 Å². The molecule has 1 saturated heterocycles. The molecule has 2 unspecified atom stereocenters. The van der Waals surface area contributed by atoms with Crippen molar-refractivity contribution < 1.29 is 14.1 Å². The fourth-order valence-electron chi connectivity index (χ4n) is 3.13. The highest BCUT2D eigenvalue weighted by molar-refractivity contribution is 5.97. The van der Waals surface area contributed by atoms with Crippen molar-refractivity contribution in [3.63, 3.8) is 0 Å². The number of ether oxygens (including phenoxy) is 1. The Balaban J connectivity index is 0.00000243. The van der Waals surface area contributed by atoms with E-state index in [4.69, 9.17) is 9.26 Å². The molecule has 1 amide bonds. The van der Waals surface area contributed by atoms with Crippen molar-refractivity contribution in [2.24, 2.45) is 0 Å². The summed E-state index contributed by atoms with van der Waals surface area (Å²) in [5.74, 6) is 1.20. The SMILES string of the molecule is Cc1noc(C)c1COc1ccccc1C(=O)NC1CCCNC1C.Cl. The van der Waals surface area contributed by atoms with Crippen molar-refractivity contribution in [2.45, 2.75) is 52.3 Å². The van der Waals surface area contributed by atoms with Crippen LogP contribution in [0, 0.1) is 13.8 Å². The lowest BCUT2D eigenvalue weighted by molar-refractivity contribution is 0.0915. The summed E-state index contributed by atoms with van der Waals surface area (Å²) in [6.07, 6.45) is 2.06. The molecule has 0 bridgehead atoms. The van der Waals surface area contributed by atoms with Crippen LogP contribution in [0.25, 0.3) is 0 Å². The van der Waals surface area contributed by atoms with E-state index >= 15 is 0 Å². The fraction of sp³-hybridized carbons (Fsp3) is 0.474. The third kappa shape index (κ3) is 4.56. The van der Waals surface area contributed by atoms with Gasteiger partial charge in [0.2, 0.25) is 0 Å². The average Bonchev–Trinajstić information content (AvgIpc) is 2.93. The molecule has 1 aromatic carbocycles. The highest BCUT2D eigenvalue weighted by Gasteiger charge is 2.24. The molecule has 2 atom stereocenters. The minimum absolute atomic E-state index is 0. The third-order valence-corrected chi connectivity index (χ3v) is 4.76. The van der Waals surface area contributed by atoms with Crippen LogP contribution in [-0.2, 0) is 6.61 Å². The van der Waals surface area contributed by atoms with E-state index in [1.54, 1.807) is 6.07 Å². The molecule has 142 valence electrons. The molecule has 1 fully saturated rings. The molecular formula is C19H26ClN3O3. The van der Waals surface area contributed by atoms with Gasteiger partial charge in [-0.15, -0.1) is 12.4 Å².